The van der Waals surface area contributed by atoms with E-state index in [0.717, 1.165) is 6.42 Å². The van der Waals surface area contributed by atoms with Crippen molar-refractivity contribution in [2.75, 3.05) is 19.7 Å². The van der Waals surface area contributed by atoms with Gasteiger partial charge in [-0.3, -0.25) is 4.79 Å². The predicted octanol–water partition coefficient (Wildman–Crippen LogP) is 2.16. The molecular weight excluding hydrogens is 296 g/mol. The number of alkyl carbamates (subject to hydrolysis) is 1. The lowest BCUT2D eigenvalue weighted by Crippen LogP contribution is -2.53. The van der Waals surface area contributed by atoms with Crippen LogP contribution in [0.2, 0.25) is 0 Å². The van der Waals surface area contributed by atoms with Gasteiger partial charge < -0.3 is 20.1 Å². The monoisotopic (exact) mass is 328 g/mol. The Bertz CT molecular complexity index is 404. The number of carbonyl (C=O) groups excluding carboxylic acids is 2. The van der Waals surface area contributed by atoms with Crippen LogP contribution in [-0.2, 0) is 9.53 Å². The first-order chi connectivity index (χ1) is 10.6. The minimum absolute atomic E-state index is 0.0933. The highest BCUT2D eigenvalue weighted by atomic mass is 16.6. The molecule has 1 aliphatic rings. The number of nitrogens with one attached hydrogen (secondary N) is 1. The molecule has 0 saturated carbocycles. The second kappa shape index (κ2) is 8.52. The van der Waals surface area contributed by atoms with Gasteiger partial charge in [-0.05, 0) is 45.4 Å². The summed E-state index contributed by atoms with van der Waals surface area (Å²) in [5.41, 5.74) is -0.545. The van der Waals surface area contributed by atoms with Crippen LogP contribution in [0.25, 0.3) is 0 Å². The van der Waals surface area contributed by atoms with Crippen molar-refractivity contribution in [2.24, 2.45) is 11.8 Å². The van der Waals surface area contributed by atoms with Gasteiger partial charge in [0, 0.05) is 26.1 Å². The molecule has 0 aromatic rings. The first-order valence-electron chi connectivity index (χ1n) is 8.49. The van der Waals surface area contributed by atoms with E-state index in [1.807, 2.05) is 39.5 Å². The summed E-state index contributed by atoms with van der Waals surface area (Å²) < 4.78 is 5.29. The first-order valence-corrected chi connectivity index (χ1v) is 8.49. The molecule has 0 radical (unpaired) electrons. The lowest BCUT2D eigenvalue weighted by Gasteiger charge is -2.38. The molecule has 0 spiro atoms. The topological polar surface area (TPSA) is 78.9 Å². The molecule has 1 aliphatic heterocycles. The number of piperidine rings is 1. The lowest BCUT2D eigenvalue weighted by atomic mass is 9.91. The van der Waals surface area contributed by atoms with Crippen molar-refractivity contribution in [2.45, 2.75) is 65.5 Å². The molecule has 6 heteroatoms. The maximum Gasteiger partial charge on any atom is 0.407 e. The smallest absolute Gasteiger partial charge is 0.407 e. The largest absolute Gasteiger partial charge is 0.444 e. The van der Waals surface area contributed by atoms with Gasteiger partial charge in [0.2, 0.25) is 5.91 Å². The van der Waals surface area contributed by atoms with Crippen molar-refractivity contribution < 1.29 is 19.4 Å². The average molecular weight is 328 g/mol. The highest BCUT2D eigenvalue weighted by Crippen LogP contribution is 2.22. The number of likely N-dealkylation sites (tertiary alicyclic amines) is 1. The van der Waals surface area contributed by atoms with E-state index < -0.39 is 11.7 Å². The van der Waals surface area contributed by atoms with Gasteiger partial charge in [0.1, 0.15) is 5.60 Å². The Hall–Kier alpha value is -1.30. The molecule has 0 aromatic heterocycles. The van der Waals surface area contributed by atoms with Gasteiger partial charge in [0.15, 0.2) is 0 Å². The molecule has 134 valence electrons. The van der Waals surface area contributed by atoms with E-state index in [1.165, 1.54) is 0 Å². The van der Waals surface area contributed by atoms with Gasteiger partial charge in [-0.2, -0.15) is 0 Å². The molecule has 0 aliphatic carbocycles. The highest BCUT2D eigenvalue weighted by molar-refractivity contribution is 5.76. The molecule has 2 atom stereocenters. The number of hydrogen-bond acceptors (Lipinski definition) is 4. The first kappa shape index (κ1) is 19.7. The summed E-state index contributed by atoms with van der Waals surface area (Å²) >= 11 is 0. The molecule has 1 heterocycles. The predicted molar refractivity (Wildman–Crippen MR) is 89.0 cm³/mol. The number of ether oxygens (including phenoxy) is 1. The third-order valence-corrected chi connectivity index (χ3v) is 3.73. The number of aliphatic hydroxyl groups is 1. The van der Waals surface area contributed by atoms with Gasteiger partial charge >= 0.3 is 6.09 Å². The fourth-order valence-electron chi connectivity index (χ4n) is 2.86. The normalized spacial score (nSPS) is 22.1. The Labute approximate surface area is 139 Å². The SMILES string of the molecule is CC(C)CC(=O)N1CC(CCO)CC(NC(=O)OC(C)(C)C)C1. The number of rotatable bonds is 5. The number of nitrogens with zero attached hydrogens (tertiary/aromatic N) is 1. The van der Waals surface area contributed by atoms with Crippen molar-refractivity contribution >= 4 is 12.0 Å². The summed E-state index contributed by atoms with van der Waals surface area (Å²) in [6.45, 7) is 10.7. The number of carbonyl (C=O) groups is 2. The molecule has 0 bridgehead atoms. The van der Waals surface area contributed by atoms with E-state index in [-0.39, 0.29) is 24.5 Å². The Morgan fingerprint density at radius 2 is 1.96 bits per heavy atom. The van der Waals surface area contributed by atoms with E-state index in [1.54, 1.807) is 0 Å². The van der Waals surface area contributed by atoms with Crippen LogP contribution in [-0.4, -0.2) is 53.3 Å². The molecule has 6 nitrogen and oxygen atoms in total. The zero-order valence-electron chi connectivity index (χ0n) is 15.1. The lowest BCUT2D eigenvalue weighted by molar-refractivity contribution is -0.134. The minimum Gasteiger partial charge on any atom is -0.444 e. The van der Waals surface area contributed by atoms with Crippen LogP contribution >= 0.6 is 0 Å². The third-order valence-electron chi connectivity index (χ3n) is 3.73. The quantitative estimate of drug-likeness (QED) is 0.810. The van der Waals surface area contributed by atoms with E-state index in [0.29, 0.717) is 31.8 Å². The standard InChI is InChI=1S/C17H32N2O4/c1-12(2)8-15(21)19-10-13(6-7-20)9-14(11-19)18-16(22)23-17(3,4)5/h12-14,20H,6-11H2,1-5H3,(H,18,22). The summed E-state index contributed by atoms with van der Waals surface area (Å²) in [5, 5.41) is 12.1. The van der Waals surface area contributed by atoms with Gasteiger partial charge in [-0.25, -0.2) is 4.79 Å². The molecule has 2 N–H and O–H groups in total. The van der Waals surface area contributed by atoms with Gasteiger partial charge in [-0.1, -0.05) is 13.8 Å². The number of aliphatic hydroxyl groups excluding tert-OH is 1. The summed E-state index contributed by atoms with van der Waals surface area (Å²) in [4.78, 5) is 26.1. The second-order valence-electron chi connectivity index (χ2n) is 7.85. The fourth-order valence-corrected chi connectivity index (χ4v) is 2.86. The molecular formula is C17H32N2O4. The van der Waals surface area contributed by atoms with Gasteiger partial charge in [-0.15, -0.1) is 0 Å². The van der Waals surface area contributed by atoms with Crippen LogP contribution in [0.5, 0.6) is 0 Å². The summed E-state index contributed by atoms with van der Waals surface area (Å²) in [6.07, 6.45) is 1.44. The van der Waals surface area contributed by atoms with Gasteiger partial charge in [0.25, 0.3) is 0 Å². The zero-order valence-corrected chi connectivity index (χ0v) is 15.1. The highest BCUT2D eigenvalue weighted by Gasteiger charge is 2.31. The van der Waals surface area contributed by atoms with Crippen LogP contribution in [0.4, 0.5) is 4.79 Å². The molecule has 2 amide bonds. The maximum absolute atomic E-state index is 12.3. The Kier molecular flexibility index (Phi) is 7.32. The Morgan fingerprint density at radius 3 is 2.48 bits per heavy atom. The zero-order chi connectivity index (χ0) is 17.6. The Morgan fingerprint density at radius 1 is 1.30 bits per heavy atom. The van der Waals surface area contributed by atoms with E-state index in [2.05, 4.69) is 5.32 Å². The molecule has 1 saturated heterocycles. The van der Waals surface area contributed by atoms with Crippen molar-refractivity contribution in [1.29, 1.82) is 0 Å². The summed E-state index contributed by atoms with van der Waals surface area (Å²) in [6, 6.07) is -0.133. The third kappa shape index (κ3) is 7.68. The number of hydrogen-bond donors (Lipinski definition) is 2. The van der Waals surface area contributed by atoms with Crippen LogP contribution in [0.15, 0.2) is 0 Å². The molecule has 1 rings (SSSR count). The summed E-state index contributed by atoms with van der Waals surface area (Å²) in [5.74, 6) is 0.612. The van der Waals surface area contributed by atoms with E-state index >= 15 is 0 Å². The van der Waals surface area contributed by atoms with Crippen molar-refractivity contribution in [1.82, 2.24) is 10.2 Å². The molecule has 1 fully saturated rings. The average Bonchev–Trinajstić information content (AvgIpc) is 2.35. The van der Waals surface area contributed by atoms with Crippen molar-refractivity contribution in [3.8, 4) is 0 Å². The second-order valence-corrected chi connectivity index (χ2v) is 7.85. The van der Waals surface area contributed by atoms with Crippen LogP contribution in [0.3, 0.4) is 0 Å². The molecule has 2 unspecified atom stereocenters. The molecule has 23 heavy (non-hydrogen) atoms. The molecule has 0 aromatic carbocycles. The minimum atomic E-state index is -0.545. The fraction of sp³-hybridized carbons (Fsp3) is 0.882. The van der Waals surface area contributed by atoms with E-state index in [9.17, 15) is 14.7 Å². The van der Waals surface area contributed by atoms with Crippen molar-refractivity contribution in [3.05, 3.63) is 0 Å². The summed E-state index contributed by atoms with van der Waals surface area (Å²) in [7, 11) is 0. The van der Waals surface area contributed by atoms with Crippen LogP contribution in [0, 0.1) is 11.8 Å². The number of amides is 2. The van der Waals surface area contributed by atoms with Crippen LogP contribution in [0.1, 0.15) is 53.9 Å². The Balaban J connectivity index is 2.67. The van der Waals surface area contributed by atoms with Crippen molar-refractivity contribution in [3.63, 3.8) is 0 Å². The van der Waals surface area contributed by atoms with E-state index in [4.69, 9.17) is 4.74 Å². The maximum atomic E-state index is 12.3. The van der Waals surface area contributed by atoms with Crippen LogP contribution < -0.4 is 5.32 Å². The van der Waals surface area contributed by atoms with Gasteiger partial charge in [0.05, 0.1) is 6.04 Å².